The van der Waals surface area contributed by atoms with Gasteiger partial charge in [-0.25, -0.2) is 14.2 Å². The molecule has 2 rings (SSSR count). The van der Waals surface area contributed by atoms with Gasteiger partial charge in [0.1, 0.15) is 5.82 Å². The van der Waals surface area contributed by atoms with Gasteiger partial charge >= 0.3 is 5.97 Å². The van der Waals surface area contributed by atoms with Gasteiger partial charge in [0.15, 0.2) is 5.69 Å². The summed E-state index contributed by atoms with van der Waals surface area (Å²) in [6.45, 7) is 3.87. The predicted octanol–water partition coefficient (Wildman–Crippen LogP) is 3.43. The maximum absolute atomic E-state index is 12.9. The van der Waals surface area contributed by atoms with E-state index >= 15 is 0 Å². The zero-order valence-electron chi connectivity index (χ0n) is 10.1. The second-order valence-corrected chi connectivity index (χ2v) is 4.84. The number of hydrogen-bond donors (Lipinski definition) is 0. The topological polar surface area (TPSA) is 39.2 Å². The van der Waals surface area contributed by atoms with Crippen molar-refractivity contribution in [3.63, 3.8) is 0 Å². The Morgan fingerprint density at radius 2 is 2.06 bits per heavy atom. The van der Waals surface area contributed by atoms with Gasteiger partial charge in [0.05, 0.1) is 16.5 Å². The van der Waals surface area contributed by atoms with Gasteiger partial charge in [0.2, 0.25) is 0 Å². The van der Waals surface area contributed by atoms with Gasteiger partial charge in [0, 0.05) is 0 Å². The van der Waals surface area contributed by atoms with Gasteiger partial charge in [-0.05, 0) is 31.5 Å². The summed E-state index contributed by atoms with van der Waals surface area (Å²) >= 11 is 1.39. The SMILES string of the molecule is CCOC(=O)c1nc(C)sc1-c1ccc(F)cc1. The smallest absolute Gasteiger partial charge is 0.358 e. The molecule has 2 aromatic rings. The van der Waals surface area contributed by atoms with E-state index in [4.69, 9.17) is 4.74 Å². The fourth-order valence-electron chi connectivity index (χ4n) is 1.56. The summed E-state index contributed by atoms with van der Waals surface area (Å²) < 4.78 is 17.8. The highest BCUT2D eigenvalue weighted by molar-refractivity contribution is 7.15. The van der Waals surface area contributed by atoms with Crippen molar-refractivity contribution < 1.29 is 13.9 Å². The van der Waals surface area contributed by atoms with Crippen molar-refractivity contribution >= 4 is 17.3 Å². The first-order valence-corrected chi connectivity index (χ1v) is 6.34. The number of aromatic nitrogens is 1. The van der Waals surface area contributed by atoms with E-state index in [2.05, 4.69) is 4.98 Å². The van der Waals surface area contributed by atoms with E-state index in [-0.39, 0.29) is 5.82 Å². The minimum Gasteiger partial charge on any atom is -0.461 e. The minimum atomic E-state index is -0.443. The third kappa shape index (κ3) is 2.56. The molecule has 3 nitrogen and oxygen atoms in total. The molecule has 0 aliphatic heterocycles. The van der Waals surface area contributed by atoms with Gasteiger partial charge in [0.25, 0.3) is 0 Å². The summed E-state index contributed by atoms with van der Waals surface area (Å²) in [5.41, 5.74) is 1.07. The highest BCUT2D eigenvalue weighted by atomic mass is 32.1. The van der Waals surface area contributed by atoms with E-state index in [0.717, 1.165) is 10.6 Å². The first kappa shape index (κ1) is 12.7. The minimum absolute atomic E-state index is 0.297. The van der Waals surface area contributed by atoms with Crippen molar-refractivity contribution in [2.24, 2.45) is 0 Å². The lowest BCUT2D eigenvalue weighted by atomic mass is 10.1. The van der Waals surface area contributed by atoms with E-state index in [1.165, 1.54) is 23.5 Å². The Morgan fingerprint density at radius 1 is 1.39 bits per heavy atom. The number of nitrogens with zero attached hydrogens (tertiary/aromatic N) is 1. The Labute approximate surface area is 108 Å². The van der Waals surface area contributed by atoms with Crippen LogP contribution in [0.25, 0.3) is 10.4 Å². The van der Waals surface area contributed by atoms with Crippen molar-refractivity contribution in [3.05, 3.63) is 40.8 Å². The third-order valence-corrected chi connectivity index (χ3v) is 3.33. The molecule has 0 aliphatic carbocycles. The Bertz CT molecular complexity index is 563. The molecule has 0 atom stereocenters. The first-order chi connectivity index (χ1) is 8.61. The number of esters is 1. The quantitative estimate of drug-likeness (QED) is 0.798. The van der Waals surface area contributed by atoms with Crippen molar-refractivity contribution in [2.75, 3.05) is 6.61 Å². The summed E-state index contributed by atoms with van der Waals surface area (Å²) in [7, 11) is 0. The van der Waals surface area contributed by atoms with Gasteiger partial charge in [-0.3, -0.25) is 0 Å². The average molecular weight is 265 g/mol. The monoisotopic (exact) mass is 265 g/mol. The van der Waals surface area contributed by atoms with Crippen LogP contribution in [-0.4, -0.2) is 17.6 Å². The van der Waals surface area contributed by atoms with Crippen molar-refractivity contribution in [2.45, 2.75) is 13.8 Å². The molecule has 1 heterocycles. The normalized spacial score (nSPS) is 10.4. The molecule has 0 amide bonds. The number of benzene rings is 1. The molecule has 0 radical (unpaired) electrons. The molecule has 0 bridgehead atoms. The first-order valence-electron chi connectivity index (χ1n) is 5.52. The van der Waals surface area contributed by atoms with E-state index in [1.807, 2.05) is 6.92 Å². The fraction of sp³-hybridized carbons (Fsp3) is 0.231. The lowest BCUT2D eigenvalue weighted by Gasteiger charge is -2.02. The molecule has 1 aromatic heterocycles. The molecule has 0 N–H and O–H groups in total. The van der Waals surface area contributed by atoms with Crippen LogP contribution in [0.4, 0.5) is 4.39 Å². The number of hydrogen-bond acceptors (Lipinski definition) is 4. The Hall–Kier alpha value is -1.75. The fourth-order valence-corrected chi connectivity index (χ4v) is 2.47. The van der Waals surface area contributed by atoms with Crippen LogP contribution >= 0.6 is 11.3 Å². The number of thiazole rings is 1. The standard InChI is InChI=1S/C13H12FNO2S/c1-3-17-13(16)11-12(18-8(2)15-11)9-4-6-10(14)7-5-9/h4-7H,3H2,1-2H3. The second-order valence-electron chi connectivity index (χ2n) is 3.64. The Kier molecular flexibility index (Phi) is 3.72. The Balaban J connectivity index is 2.44. The number of ether oxygens (including phenoxy) is 1. The van der Waals surface area contributed by atoms with E-state index in [0.29, 0.717) is 17.2 Å². The lowest BCUT2D eigenvalue weighted by Crippen LogP contribution is -2.06. The molecule has 1 aromatic carbocycles. The number of carbonyl (C=O) groups is 1. The lowest BCUT2D eigenvalue weighted by molar-refractivity contribution is 0.0521. The summed E-state index contributed by atoms with van der Waals surface area (Å²) in [5.74, 6) is -0.751. The van der Waals surface area contributed by atoms with Gasteiger partial charge in [-0.15, -0.1) is 11.3 Å². The number of halogens is 1. The maximum atomic E-state index is 12.9. The van der Waals surface area contributed by atoms with Crippen LogP contribution in [0.15, 0.2) is 24.3 Å². The highest BCUT2D eigenvalue weighted by Gasteiger charge is 2.19. The molecule has 0 unspecified atom stereocenters. The van der Waals surface area contributed by atoms with Crippen molar-refractivity contribution in [1.29, 1.82) is 0 Å². The Morgan fingerprint density at radius 3 is 2.67 bits per heavy atom. The largest absolute Gasteiger partial charge is 0.461 e. The zero-order chi connectivity index (χ0) is 13.1. The predicted molar refractivity (Wildman–Crippen MR) is 68.2 cm³/mol. The maximum Gasteiger partial charge on any atom is 0.358 e. The summed E-state index contributed by atoms with van der Waals surface area (Å²) in [5, 5.41) is 0.775. The molecule has 0 saturated carbocycles. The molecule has 18 heavy (non-hydrogen) atoms. The molecule has 0 spiro atoms. The second kappa shape index (κ2) is 5.27. The van der Waals surface area contributed by atoms with Crippen LogP contribution in [0.2, 0.25) is 0 Å². The molecule has 0 aliphatic rings. The number of carbonyl (C=O) groups excluding carboxylic acids is 1. The molecular formula is C13H12FNO2S. The summed E-state index contributed by atoms with van der Waals surface area (Å²) in [6.07, 6.45) is 0. The van der Waals surface area contributed by atoms with Gasteiger partial charge in [-0.2, -0.15) is 0 Å². The molecule has 0 saturated heterocycles. The van der Waals surface area contributed by atoms with Crippen LogP contribution < -0.4 is 0 Å². The van der Waals surface area contributed by atoms with Crippen molar-refractivity contribution in [1.82, 2.24) is 4.98 Å². The van der Waals surface area contributed by atoms with Crippen LogP contribution in [0, 0.1) is 12.7 Å². The van der Waals surface area contributed by atoms with E-state index < -0.39 is 5.97 Å². The number of aryl methyl sites for hydroxylation is 1. The third-order valence-electron chi connectivity index (χ3n) is 2.31. The highest BCUT2D eigenvalue weighted by Crippen LogP contribution is 2.30. The number of rotatable bonds is 3. The average Bonchev–Trinajstić information content (AvgIpc) is 2.73. The zero-order valence-corrected chi connectivity index (χ0v) is 10.9. The molecule has 0 fully saturated rings. The molecule has 94 valence electrons. The van der Waals surface area contributed by atoms with Gasteiger partial charge < -0.3 is 4.74 Å². The molecular weight excluding hydrogens is 253 g/mol. The van der Waals surface area contributed by atoms with Crippen LogP contribution in [0.3, 0.4) is 0 Å². The summed E-state index contributed by atoms with van der Waals surface area (Å²) in [6, 6.07) is 5.98. The summed E-state index contributed by atoms with van der Waals surface area (Å²) in [4.78, 5) is 16.7. The van der Waals surface area contributed by atoms with E-state index in [9.17, 15) is 9.18 Å². The van der Waals surface area contributed by atoms with Crippen LogP contribution in [-0.2, 0) is 4.74 Å². The van der Waals surface area contributed by atoms with Crippen LogP contribution in [0.5, 0.6) is 0 Å². The van der Waals surface area contributed by atoms with Crippen LogP contribution in [0.1, 0.15) is 22.4 Å². The van der Waals surface area contributed by atoms with Crippen molar-refractivity contribution in [3.8, 4) is 10.4 Å². The van der Waals surface area contributed by atoms with Gasteiger partial charge in [-0.1, -0.05) is 12.1 Å². The van der Waals surface area contributed by atoms with E-state index in [1.54, 1.807) is 19.1 Å². The molecule has 5 heteroatoms.